The Balaban J connectivity index is 1.43. The van der Waals surface area contributed by atoms with E-state index in [9.17, 15) is 9.90 Å². The maximum Gasteiger partial charge on any atom is 0.255 e. The number of benzene rings is 1. The first-order chi connectivity index (χ1) is 14.5. The Morgan fingerprint density at radius 3 is 2.47 bits per heavy atom. The standard InChI is InChI=1S/C23H32N4O3/c1-18(2)16-30-17-21(28)15-26-10-12-27(13-11-26)22-9-8-20(14-24-22)25-23(29)19-6-4-3-5-7-19/h3-9,14,18,21,28H,10-13,15-17H2,1-2H3,(H,25,29)/t21-/m1/s1. The number of carbonyl (C=O) groups is 1. The normalized spacial score (nSPS) is 15.9. The second kappa shape index (κ2) is 11.1. The first-order valence-corrected chi connectivity index (χ1v) is 10.6. The SMILES string of the molecule is CC(C)COC[C@H](O)CN1CCN(c2ccc(NC(=O)c3ccccc3)cn2)CC1. The number of hydrogen-bond donors (Lipinski definition) is 2. The van der Waals surface area contributed by atoms with Gasteiger partial charge in [0.2, 0.25) is 0 Å². The van der Waals surface area contributed by atoms with Gasteiger partial charge >= 0.3 is 0 Å². The largest absolute Gasteiger partial charge is 0.389 e. The Kier molecular flexibility index (Phi) is 8.19. The number of amides is 1. The number of piperazine rings is 1. The highest BCUT2D eigenvalue weighted by atomic mass is 16.5. The molecule has 1 aliphatic heterocycles. The van der Waals surface area contributed by atoms with Gasteiger partial charge in [0.1, 0.15) is 5.82 Å². The van der Waals surface area contributed by atoms with Crippen LogP contribution in [0.2, 0.25) is 0 Å². The fourth-order valence-corrected chi connectivity index (χ4v) is 3.39. The number of aliphatic hydroxyl groups excluding tert-OH is 1. The Bertz CT molecular complexity index is 775. The number of aliphatic hydroxyl groups is 1. The maximum atomic E-state index is 12.2. The average molecular weight is 413 g/mol. The molecule has 0 unspecified atom stereocenters. The summed E-state index contributed by atoms with van der Waals surface area (Å²) in [6.07, 6.45) is 1.24. The molecule has 30 heavy (non-hydrogen) atoms. The van der Waals surface area contributed by atoms with Gasteiger partial charge in [0.15, 0.2) is 0 Å². The first-order valence-electron chi connectivity index (χ1n) is 10.6. The van der Waals surface area contributed by atoms with Gasteiger partial charge in [-0.2, -0.15) is 0 Å². The van der Waals surface area contributed by atoms with Gasteiger partial charge in [-0.1, -0.05) is 32.0 Å². The van der Waals surface area contributed by atoms with Crippen LogP contribution in [0.15, 0.2) is 48.7 Å². The van der Waals surface area contributed by atoms with Crippen molar-refractivity contribution in [2.24, 2.45) is 5.92 Å². The zero-order valence-corrected chi connectivity index (χ0v) is 17.8. The van der Waals surface area contributed by atoms with Crippen molar-refractivity contribution in [1.29, 1.82) is 0 Å². The molecule has 3 rings (SSSR count). The smallest absolute Gasteiger partial charge is 0.255 e. The summed E-state index contributed by atoms with van der Waals surface area (Å²) in [5, 5.41) is 13.0. The molecule has 7 nitrogen and oxygen atoms in total. The molecule has 7 heteroatoms. The number of rotatable bonds is 9. The second-order valence-electron chi connectivity index (χ2n) is 8.10. The molecule has 0 aliphatic carbocycles. The van der Waals surface area contributed by atoms with Gasteiger partial charge in [-0.3, -0.25) is 9.69 Å². The van der Waals surface area contributed by atoms with Crippen LogP contribution >= 0.6 is 0 Å². The monoisotopic (exact) mass is 412 g/mol. The minimum atomic E-state index is -0.457. The number of ether oxygens (including phenoxy) is 1. The maximum absolute atomic E-state index is 12.2. The minimum Gasteiger partial charge on any atom is -0.389 e. The molecule has 2 heterocycles. The molecule has 1 saturated heterocycles. The lowest BCUT2D eigenvalue weighted by atomic mass is 10.2. The van der Waals surface area contributed by atoms with Gasteiger partial charge in [0.25, 0.3) is 5.91 Å². The van der Waals surface area contributed by atoms with Crippen molar-refractivity contribution in [3.05, 3.63) is 54.2 Å². The van der Waals surface area contributed by atoms with Crippen molar-refractivity contribution in [3.63, 3.8) is 0 Å². The van der Waals surface area contributed by atoms with E-state index in [1.165, 1.54) is 0 Å². The molecular weight excluding hydrogens is 380 g/mol. The molecule has 1 atom stereocenters. The van der Waals surface area contributed by atoms with Crippen molar-refractivity contribution >= 4 is 17.4 Å². The van der Waals surface area contributed by atoms with Crippen LogP contribution in [0.3, 0.4) is 0 Å². The molecule has 0 bridgehead atoms. The molecular formula is C23H32N4O3. The predicted molar refractivity (Wildman–Crippen MR) is 119 cm³/mol. The Hall–Kier alpha value is -2.48. The van der Waals surface area contributed by atoms with E-state index in [0.717, 1.165) is 32.0 Å². The zero-order chi connectivity index (χ0) is 21.3. The number of aromatic nitrogens is 1. The lowest BCUT2D eigenvalue weighted by Gasteiger charge is -2.36. The van der Waals surface area contributed by atoms with Crippen LogP contribution in [0.1, 0.15) is 24.2 Å². The summed E-state index contributed by atoms with van der Waals surface area (Å²) >= 11 is 0. The Morgan fingerprint density at radius 2 is 1.83 bits per heavy atom. The molecule has 2 aromatic rings. The molecule has 1 amide bonds. The molecule has 0 saturated carbocycles. The molecule has 1 fully saturated rings. The highest BCUT2D eigenvalue weighted by Gasteiger charge is 2.20. The van der Waals surface area contributed by atoms with Crippen molar-refractivity contribution in [2.75, 3.05) is 56.2 Å². The van der Waals surface area contributed by atoms with Gasteiger partial charge in [-0.25, -0.2) is 4.98 Å². The first kappa shape index (κ1) is 22.2. The molecule has 1 aromatic carbocycles. The number of β-amino-alcohol motifs (C(OH)–C–C–N with tert-alkyl or cyclic N) is 1. The van der Waals surface area contributed by atoms with Crippen LogP contribution in [0.5, 0.6) is 0 Å². The molecule has 0 spiro atoms. The second-order valence-corrected chi connectivity index (χ2v) is 8.10. The highest BCUT2D eigenvalue weighted by molar-refractivity contribution is 6.04. The van der Waals surface area contributed by atoms with E-state index >= 15 is 0 Å². The van der Waals surface area contributed by atoms with E-state index in [0.29, 0.717) is 36.9 Å². The fourth-order valence-electron chi connectivity index (χ4n) is 3.39. The van der Waals surface area contributed by atoms with Crippen molar-refractivity contribution in [1.82, 2.24) is 9.88 Å². The number of hydrogen-bond acceptors (Lipinski definition) is 6. The molecule has 0 radical (unpaired) electrons. The van der Waals surface area contributed by atoms with Crippen LogP contribution in [0.4, 0.5) is 11.5 Å². The Morgan fingerprint density at radius 1 is 1.10 bits per heavy atom. The van der Waals surface area contributed by atoms with Crippen LogP contribution in [-0.2, 0) is 4.74 Å². The van der Waals surface area contributed by atoms with Gasteiger partial charge in [0.05, 0.1) is 24.6 Å². The summed E-state index contributed by atoms with van der Waals surface area (Å²) in [6, 6.07) is 12.9. The van der Waals surface area contributed by atoms with E-state index in [1.54, 1.807) is 18.3 Å². The quantitative estimate of drug-likeness (QED) is 0.659. The van der Waals surface area contributed by atoms with Gasteiger partial charge in [-0.15, -0.1) is 0 Å². The predicted octanol–water partition coefficient (Wildman–Crippen LogP) is 2.49. The number of anilines is 2. The van der Waals surface area contributed by atoms with E-state index < -0.39 is 6.10 Å². The van der Waals surface area contributed by atoms with Crippen LogP contribution < -0.4 is 10.2 Å². The van der Waals surface area contributed by atoms with Crippen LogP contribution in [0, 0.1) is 5.92 Å². The number of carbonyl (C=O) groups excluding carboxylic acids is 1. The third-order valence-electron chi connectivity index (χ3n) is 4.97. The van der Waals surface area contributed by atoms with Crippen molar-refractivity contribution in [2.45, 2.75) is 20.0 Å². The van der Waals surface area contributed by atoms with Crippen molar-refractivity contribution < 1.29 is 14.6 Å². The third kappa shape index (κ3) is 6.79. The summed E-state index contributed by atoms with van der Waals surface area (Å²) in [5.74, 6) is 1.23. The topological polar surface area (TPSA) is 77.9 Å². The zero-order valence-electron chi connectivity index (χ0n) is 17.8. The van der Waals surface area contributed by atoms with Crippen molar-refractivity contribution in [3.8, 4) is 0 Å². The van der Waals surface area contributed by atoms with Gasteiger partial charge < -0.3 is 20.1 Å². The van der Waals surface area contributed by atoms with E-state index in [2.05, 4.69) is 33.9 Å². The summed E-state index contributed by atoms with van der Waals surface area (Å²) < 4.78 is 5.53. The number of pyridine rings is 1. The minimum absolute atomic E-state index is 0.144. The van der Waals surface area contributed by atoms with Gasteiger partial charge in [-0.05, 0) is 30.2 Å². The van der Waals surface area contributed by atoms with E-state index in [4.69, 9.17) is 4.74 Å². The van der Waals surface area contributed by atoms with Gasteiger partial charge in [0, 0.05) is 44.9 Å². The summed E-state index contributed by atoms with van der Waals surface area (Å²) in [7, 11) is 0. The summed E-state index contributed by atoms with van der Waals surface area (Å²) in [4.78, 5) is 21.2. The molecule has 1 aliphatic rings. The third-order valence-corrected chi connectivity index (χ3v) is 4.97. The lowest BCUT2D eigenvalue weighted by molar-refractivity contribution is 0.00745. The molecule has 2 N–H and O–H groups in total. The van der Waals surface area contributed by atoms with Crippen LogP contribution in [0.25, 0.3) is 0 Å². The lowest BCUT2D eigenvalue weighted by Crippen LogP contribution is -2.49. The van der Waals surface area contributed by atoms with E-state index in [-0.39, 0.29) is 5.91 Å². The Labute approximate surface area is 178 Å². The highest BCUT2D eigenvalue weighted by Crippen LogP contribution is 2.17. The summed E-state index contributed by atoms with van der Waals surface area (Å²) in [5.41, 5.74) is 1.30. The fraction of sp³-hybridized carbons (Fsp3) is 0.478. The molecule has 1 aromatic heterocycles. The van der Waals surface area contributed by atoms with E-state index in [1.807, 2.05) is 30.3 Å². The number of nitrogens with zero attached hydrogens (tertiary/aromatic N) is 3. The average Bonchev–Trinajstić information content (AvgIpc) is 2.75. The van der Waals surface area contributed by atoms with Crippen LogP contribution in [-0.4, -0.2) is 72.9 Å². The number of nitrogens with one attached hydrogen (secondary N) is 1. The summed E-state index contributed by atoms with van der Waals surface area (Å²) in [6.45, 7) is 9.33. The molecule has 162 valence electrons.